The summed E-state index contributed by atoms with van der Waals surface area (Å²) in [6, 6.07) is 35.4. The molecule has 8 nitrogen and oxygen atoms in total. The number of pyridine rings is 1. The second-order valence-electron chi connectivity index (χ2n) is 13.1. The van der Waals surface area contributed by atoms with Crippen molar-refractivity contribution in [3.05, 3.63) is 172 Å². The zero-order valence-electron chi connectivity index (χ0n) is 30.3. The molecule has 0 unspecified atom stereocenters. The van der Waals surface area contributed by atoms with Gasteiger partial charge in [-0.3, -0.25) is 9.69 Å². The lowest BCUT2D eigenvalue weighted by molar-refractivity contribution is -0.127. The zero-order valence-corrected chi connectivity index (χ0v) is 32.6. The molecule has 0 saturated carbocycles. The van der Waals surface area contributed by atoms with Crippen LogP contribution >= 0.6 is 35.6 Å². The summed E-state index contributed by atoms with van der Waals surface area (Å²) in [6.45, 7) is 6.54. The van der Waals surface area contributed by atoms with Gasteiger partial charge in [0.15, 0.2) is 5.75 Å². The Morgan fingerprint density at radius 2 is 1.45 bits per heavy atom. The van der Waals surface area contributed by atoms with Crippen LogP contribution in [0.3, 0.4) is 0 Å². The highest BCUT2D eigenvalue weighted by molar-refractivity contribution is 6.32. The Balaban J connectivity index is 0.00000514. The van der Waals surface area contributed by atoms with E-state index < -0.39 is 0 Å². The molecule has 11 heteroatoms. The highest BCUT2D eigenvalue weighted by atomic mass is 35.5. The summed E-state index contributed by atoms with van der Waals surface area (Å²) in [6.07, 6.45) is 9.05. The molecule has 1 amide bonds. The fourth-order valence-corrected chi connectivity index (χ4v) is 6.67. The van der Waals surface area contributed by atoms with Gasteiger partial charge in [0.05, 0.1) is 11.2 Å². The minimum atomic E-state index is -0.0199. The third kappa shape index (κ3) is 10.7. The highest BCUT2D eigenvalue weighted by Gasteiger charge is 2.20. The number of aryl methyl sites for hydroxylation is 1. The first-order chi connectivity index (χ1) is 26.4. The molecule has 1 aliphatic heterocycles. The third-order valence-corrected chi connectivity index (χ3v) is 9.85. The van der Waals surface area contributed by atoms with Crippen LogP contribution in [0.15, 0.2) is 134 Å². The van der Waals surface area contributed by atoms with Gasteiger partial charge in [-0.25, -0.2) is 4.98 Å². The molecule has 3 heterocycles. The van der Waals surface area contributed by atoms with Gasteiger partial charge in [0.1, 0.15) is 24.7 Å². The van der Waals surface area contributed by atoms with Gasteiger partial charge in [-0.05, 0) is 95.9 Å². The summed E-state index contributed by atoms with van der Waals surface area (Å²) in [7, 11) is 0. The average molecular weight is 796 g/mol. The van der Waals surface area contributed by atoms with Crippen LogP contribution in [0.25, 0.3) is 11.8 Å². The molecule has 0 N–H and O–H groups in total. The average Bonchev–Trinajstić information content (AvgIpc) is 3.74. The van der Waals surface area contributed by atoms with Gasteiger partial charge in [0.2, 0.25) is 11.8 Å². The van der Waals surface area contributed by atoms with Crippen molar-refractivity contribution < 1.29 is 19.0 Å². The van der Waals surface area contributed by atoms with Crippen molar-refractivity contribution in [1.82, 2.24) is 19.4 Å². The van der Waals surface area contributed by atoms with E-state index in [0.29, 0.717) is 53.7 Å². The van der Waals surface area contributed by atoms with Crippen molar-refractivity contribution in [3.8, 4) is 28.8 Å². The number of carbonyl (C=O) groups excluding carboxylic acids is 1. The fourth-order valence-electron chi connectivity index (χ4n) is 6.16. The quantitative estimate of drug-likeness (QED) is 0.109. The van der Waals surface area contributed by atoms with Crippen LogP contribution in [0.4, 0.5) is 0 Å². The Hall–Kier alpha value is -5.25. The van der Waals surface area contributed by atoms with Gasteiger partial charge in [0, 0.05) is 73.5 Å². The van der Waals surface area contributed by atoms with E-state index in [1.807, 2.05) is 78.8 Å². The van der Waals surface area contributed by atoms with Gasteiger partial charge in [0.25, 0.3) is 0 Å². The van der Waals surface area contributed by atoms with Crippen LogP contribution in [0.2, 0.25) is 10.0 Å². The van der Waals surface area contributed by atoms with Gasteiger partial charge in [-0.2, -0.15) is 0 Å². The molecule has 0 radical (unpaired) electrons. The van der Waals surface area contributed by atoms with Crippen LogP contribution in [0.5, 0.6) is 23.1 Å². The van der Waals surface area contributed by atoms with Crippen LogP contribution < -0.4 is 14.2 Å². The maximum Gasteiger partial charge on any atom is 0.246 e. The molecule has 282 valence electrons. The third-order valence-electron chi connectivity index (χ3n) is 9.20. The number of halogens is 3. The molecule has 0 bridgehead atoms. The van der Waals surface area contributed by atoms with Crippen molar-refractivity contribution in [3.63, 3.8) is 0 Å². The molecule has 55 heavy (non-hydrogen) atoms. The van der Waals surface area contributed by atoms with E-state index in [2.05, 4.69) is 50.8 Å². The lowest BCUT2D eigenvalue weighted by Gasteiger charge is -2.34. The van der Waals surface area contributed by atoms with Crippen molar-refractivity contribution in [2.24, 2.45) is 0 Å². The number of piperazine rings is 1. The molecular weight excluding hydrogens is 755 g/mol. The first-order valence-electron chi connectivity index (χ1n) is 17.8. The van der Waals surface area contributed by atoms with Crippen LogP contribution in [-0.4, -0.2) is 51.4 Å². The van der Waals surface area contributed by atoms with E-state index in [1.54, 1.807) is 36.5 Å². The number of hydrogen-bond acceptors (Lipinski definition) is 6. The lowest BCUT2D eigenvalue weighted by Crippen LogP contribution is -2.47. The minimum Gasteiger partial charge on any atom is -0.489 e. The topological polar surface area (TPSA) is 69.1 Å². The predicted molar refractivity (Wildman–Crippen MR) is 221 cm³/mol. The summed E-state index contributed by atoms with van der Waals surface area (Å²) in [4.78, 5) is 21.7. The number of nitrogens with zero attached hydrogens (tertiary/aromatic N) is 4. The van der Waals surface area contributed by atoms with Crippen molar-refractivity contribution >= 4 is 47.6 Å². The number of aromatic nitrogens is 2. The van der Waals surface area contributed by atoms with E-state index in [9.17, 15) is 4.79 Å². The minimum absolute atomic E-state index is 0. The van der Waals surface area contributed by atoms with Gasteiger partial charge in [-0.1, -0.05) is 65.7 Å². The summed E-state index contributed by atoms with van der Waals surface area (Å²) < 4.78 is 19.9. The van der Waals surface area contributed by atoms with Crippen LogP contribution in [-0.2, 0) is 24.6 Å². The second kappa shape index (κ2) is 18.9. The monoisotopic (exact) mass is 794 g/mol. The summed E-state index contributed by atoms with van der Waals surface area (Å²) >= 11 is 12.9. The molecule has 1 saturated heterocycles. The number of hydrogen-bond donors (Lipinski definition) is 0. The lowest BCUT2D eigenvalue weighted by atomic mass is 10.1. The van der Waals surface area contributed by atoms with Crippen molar-refractivity contribution in [1.29, 1.82) is 0 Å². The van der Waals surface area contributed by atoms with E-state index in [0.717, 1.165) is 53.3 Å². The summed E-state index contributed by atoms with van der Waals surface area (Å²) in [5, 5.41) is 1.08. The molecule has 0 atom stereocenters. The normalized spacial score (nSPS) is 13.0. The Morgan fingerprint density at radius 3 is 2.15 bits per heavy atom. The molecule has 4 aromatic carbocycles. The molecule has 7 rings (SSSR count). The molecular formula is C44H41Cl3N4O4. The molecule has 0 spiro atoms. The molecule has 1 fully saturated rings. The van der Waals surface area contributed by atoms with Crippen molar-refractivity contribution in [2.45, 2.75) is 26.7 Å². The molecule has 0 aliphatic carbocycles. The Labute approximate surface area is 337 Å². The number of ether oxygens (including phenoxy) is 3. The highest BCUT2D eigenvalue weighted by Crippen LogP contribution is 2.34. The van der Waals surface area contributed by atoms with Crippen LogP contribution in [0.1, 0.15) is 27.8 Å². The van der Waals surface area contributed by atoms with Crippen LogP contribution in [0, 0.1) is 6.92 Å². The molecule has 6 aromatic rings. The summed E-state index contributed by atoms with van der Waals surface area (Å²) in [5.74, 6) is 2.31. The van der Waals surface area contributed by atoms with Gasteiger partial charge in [-0.15, -0.1) is 12.4 Å². The second-order valence-corrected chi connectivity index (χ2v) is 13.9. The zero-order chi connectivity index (χ0) is 37.3. The van der Waals surface area contributed by atoms with E-state index in [1.165, 1.54) is 5.56 Å². The SMILES string of the molecule is Cc1cc(C=CC(=O)N2CCN(Cc3ccc(COc4ccc(-n5cccc5)cc4)cc3)CC2)cc(Cl)c1Oc1ccc(OCc2ccccc2Cl)cn1.Cl. The van der Waals surface area contributed by atoms with E-state index in [4.69, 9.17) is 37.4 Å². The maximum absolute atomic E-state index is 13.1. The number of rotatable bonds is 13. The standard InChI is InChI=1S/C44H40Cl2N4O4.ClH/c1-32-26-35(27-41(46)44(32)54-42-18-17-39(28-47-42)53-31-36-6-2-3-7-40(36)45)12-19-43(51)50-24-22-48(23-25-50)29-33-8-10-34(11-9-33)30-52-38-15-13-37(14-16-38)49-20-4-5-21-49;/h2-21,26-28H,22-25,29-31H2,1H3;1H. The Bertz CT molecular complexity index is 2160. The Morgan fingerprint density at radius 1 is 0.764 bits per heavy atom. The predicted octanol–water partition coefficient (Wildman–Crippen LogP) is 10.2. The molecule has 2 aromatic heterocycles. The first-order valence-corrected chi connectivity index (χ1v) is 18.6. The number of benzene rings is 4. The first kappa shape index (κ1) is 39.4. The maximum atomic E-state index is 13.1. The number of amides is 1. The summed E-state index contributed by atoms with van der Waals surface area (Å²) in [5.41, 5.74) is 5.98. The van der Waals surface area contributed by atoms with Gasteiger partial charge < -0.3 is 23.7 Å². The molecule has 1 aliphatic rings. The van der Waals surface area contributed by atoms with Crippen molar-refractivity contribution in [2.75, 3.05) is 26.2 Å². The Kier molecular flexibility index (Phi) is 13.5. The largest absolute Gasteiger partial charge is 0.489 e. The van der Waals surface area contributed by atoms with E-state index in [-0.39, 0.29) is 18.3 Å². The fraction of sp³-hybridized carbons (Fsp3) is 0.182. The van der Waals surface area contributed by atoms with Gasteiger partial charge >= 0.3 is 0 Å². The van der Waals surface area contributed by atoms with E-state index >= 15 is 0 Å². The smallest absolute Gasteiger partial charge is 0.246 e. The number of carbonyl (C=O) groups is 1.